The maximum absolute atomic E-state index is 12.9. The van der Waals surface area contributed by atoms with Gasteiger partial charge in [-0.3, -0.25) is 9.59 Å². The molecule has 1 N–H and O–H groups in total. The number of amides is 1. The Morgan fingerprint density at radius 3 is 2.68 bits per heavy atom. The van der Waals surface area contributed by atoms with Gasteiger partial charge in [-0.15, -0.1) is 0 Å². The van der Waals surface area contributed by atoms with E-state index in [4.69, 9.17) is 0 Å². The minimum atomic E-state index is -0.732. The number of nitrogens with zero attached hydrogens (tertiary/aromatic N) is 2. The van der Waals surface area contributed by atoms with Crippen molar-refractivity contribution in [3.05, 3.63) is 23.0 Å². The van der Waals surface area contributed by atoms with Crippen LogP contribution in [0.3, 0.4) is 0 Å². The summed E-state index contributed by atoms with van der Waals surface area (Å²) in [6.07, 6.45) is 2.58. The van der Waals surface area contributed by atoms with Crippen molar-refractivity contribution in [1.82, 2.24) is 9.47 Å². The summed E-state index contributed by atoms with van der Waals surface area (Å²) in [5.74, 6) is -0.629. The SMILES string of the molecule is CCn1c(C)cc(C(=O)N2C[C@@H]3CCC[C@@]3(C(=O)O)C2)c1C. The van der Waals surface area contributed by atoms with Gasteiger partial charge in [0.1, 0.15) is 0 Å². The van der Waals surface area contributed by atoms with Gasteiger partial charge in [-0.05, 0) is 45.6 Å². The standard InChI is InChI=1S/C17H24N2O3/c1-4-19-11(2)8-14(12(19)3)15(20)18-9-13-6-5-7-17(13,10-18)16(21)22/h8,13H,4-7,9-10H2,1-3H3,(H,21,22)/t13-,17+/m0/s1. The van der Waals surface area contributed by atoms with Gasteiger partial charge in [0, 0.05) is 31.0 Å². The zero-order chi connectivity index (χ0) is 16.1. The molecule has 0 radical (unpaired) electrons. The second-order valence-electron chi connectivity index (χ2n) is 6.77. The highest BCUT2D eigenvalue weighted by atomic mass is 16.4. The van der Waals surface area contributed by atoms with E-state index in [1.807, 2.05) is 19.9 Å². The summed E-state index contributed by atoms with van der Waals surface area (Å²) in [6, 6.07) is 1.93. The Balaban J connectivity index is 1.87. The van der Waals surface area contributed by atoms with Crippen LogP contribution in [0.5, 0.6) is 0 Å². The van der Waals surface area contributed by atoms with Crippen LogP contribution in [0, 0.1) is 25.2 Å². The molecule has 2 fully saturated rings. The molecule has 1 amide bonds. The summed E-state index contributed by atoms with van der Waals surface area (Å²) >= 11 is 0. The van der Waals surface area contributed by atoms with Gasteiger partial charge in [-0.2, -0.15) is 0 Å². The number of carboxylic acids is 1. The van der Waals surface area contributed by atoms with Gasteiger partial charge in [0.05, 0.1) is 11.0 Å². The number of hydrogen-bond donors (Lipinski definition) is 1. The average molecular weight is 304 g/mol. The molecule has 1 aromatic rings. The molecular weight excluding hydrogens is 280 g/mol. The summed E-state index contributed by atoms with van der Waals surface area (Å²) < 4.78 is 2.12. The third kappa shape index (κ3) is 1.98. The normalized spacial score (nSPS) is 27.2. The molecule has 5 nitrogen and oxygen atoms in total. The van der Waals surface area contributed by atoms with Crippen molar-refractivity contribution in [2.45, 2.75) is 46.6 Å². The molecule has 3 rings (SSSR count). The van der Waals surface area contributed by atoms with Crippen LogP contribution in [0.15, 0.2) is 6.07 Å². The second kappa shape index (κ2) is 5.14. The topological polar surface area (TPSA) is 62.5 Å². The summed E-state index contributed by atoms with van der Waals surface area (Å²) in [5.41, 5.74) is 2.08. The number of hydrogen-bond acceptors (Lipinski definition) is 2. The predicted octanol–water partition coefficient (Wildman–Crippen LogP) is 2.45. The Morgan fingerprint density at radius 1 is 1.41 bits per heavy atom. The van der Waals surface area contributed by atoms with Crippen molar-refractivity contribution in [1.29, 1.82) is 0 Å². The number of rotatable bonds is 3. The van der Waals surface area contributed by atoms with E-state index in [1.165, 1.54) is 0 Å². The van der Waals surface area contributed by atoms with E-state index in [1.54, 1.807) is 4.90 Å². The Hall–Kier alpha value is -1.78. The van der Waals surface area contributed by atoms with Crippen LogP contribution in [0.2, 0.25) is 0 Å². The van der Waals surface area contributed by atoms with E-state index in [2.05, 4.69) is 11.5 Å². The number of aromatic nitrogens is 1. The zero-order valence-electron chi connectivity index (χ0n) is 13.6. The van der Waals surface area contributed by atoms with Crippen molar-refractivity contribution in [3.63, 3.8) is 0 Å². The molecule has 1 aliphatic heterocycles. The molecule has 0 aromatic carbocycles. The van der Waals surface area contributed by atoms with E-state index in [-0.39, 0.29) is 11.8 Å². The van der Waals surface area contributed by atoms with Crippen LogP contribution in [0.1, 0.15) is 47.9 Å². The molecule has 0 unspecified atom stereocenters. The molecular formula is C17H24N2O3. The summed E-state index contributed by atoms with van der Waals surface area (Å²) in [6.45, 7) is 7.82. The van der Waals surface area contributed by atoms with Crippen molar-refractivity contribution in [2.75, 3.05) is 13.1 Å². The molecule has 1 saturated heterocycles. The quantitative estimate of drug-likeness (QED) is 0.933. The monoisotopic (exact) mass is 304 g/mol. The van der Waals surface area contributed by atoms with E-state index in [9.17, 15) is 14.7 Å². The van der Waals surface area contributed by atoms with Gasteiger partial charge in [0.15, 0.2) is 0 Å². The van der Waals surface area contributed by atoms with Crippen molar-refractivity contribution < 1.29 is 14.7 Å². The number of carboxylic acid groups (broad SMARTS) is 1. The largest absolute Gasteiger partial charge is 0.481 e. The number of aryl methyl sites for hydroxylation is 1. The Bertz CT molecular complexity index is 634. The van der Waals surface area contributed by atoms with Crippen molar-refractivity contribution >= 4 is 11.9 Å². The van der Waals surface area contributed by atoms with Crippen molar-refractivity contribution in [3.8, 4) is 0 Å². The molecule has 0 spiro atoms. The summed E-state index contributed by atoms with van der Waals surface area (Å²) in [7, 11) is 0. The first-order valence-corrected chi connectivity index (χ1v) is 8.10. The lowest BCUT2D eigenvalue weighted by atomic mass is 9.81. The second-order valence-corrected chi connectivity index (χ2v) is 6.77. The molecule has 5 heteroatoms. The Morgan fingerprint density at radius 2 is 2.14 bits per heavy atom. The molecule has 1 aliphatic carbocycles. The molecule has 1 saturated carbocycles. The van der Waals surface area contributed by atoms with E-state index in [0.717, 1.165) is 36.3 Å². The fourth-order valence-electron chi connectivity index (χ4n) is 4.47. The van der Waals surface area contributed by atoms with Gasteiger partial charge in [-0.25, -0.2) is 0 Å². The lowest BCUT2D eigenvalue weighted by Gasteiger charge is -2.23. The smallest absolute Gasteiger partial charge is 0.311 e. The fraction of sp³-hybridized carbons (Fsp3) is 0.647. The van der Waals surface area contributed by atoms with Crippen LogP contribution in [0.4, 0.5) is 0 Å². The average Bonchev–Trinajstić information content (AvgIpc) is 3.09. The number of aliphatic carboxylic acids is 1. The van der Waals surface area contributed by atoms with Gasteiger partial charge in [0.25, 0.3) is 5.91 Å². The van der Waals surface area contributed by atoms with Gasteiger partial charge < -0.3 is 14.6 Å². The number of carbonyl (C=O) groups is 2. The van der Waals surface area contributed by atoms with Gasteiger partial charge in [-0.1, -0.05) is 6.42 Å². The van der Waals surface area contributed by atoms with Crippen LogP contribution in [-0.2, 0) is 11.3 Å². The highest BCUT2D eigenvalue weighted by Crippen LogP contribution is 2.49. The Labute approximate surface area is 130 Å². The first-order chi connectivity index (χ1) is 10.4. The Kier molecular flexibility index (Phi) is 3.54. The highest BCUT2D eigenvalue weighted by molar-refractivity contribution is 5.96. The van der Waals surface area contributed by atoms with E-state index in [0.29, 0.717) is 19.5 Å². The molecule has 1 aromatic heterocycles. The maximum Gasteiger partial charge on any atom is 0.311 e. The minimum absolute atomic E-state index is 0.0113. The third-order valence-corrected chi connectivity index (χ3v) is 5.70. The molecule has 2 atom stereocenters. The molecule has 22 heavy (non-hydrogen) atoms. The van der Waals surface area contributed by atoms with Crippen LogP contribution < -0.4 is 0 Å². The zero-order valence-corrected chi connectivity index (χ0v) is 13.6. The van der Waals surface area contributed by atoms with Gasteiger partial charge in [0.2, 0.25) is 0 Å². The first-order valence-electron chi connectivity index (χ1n) is 8.10. The lowest BCUT2D eigenvalue weighted by Crippen LogP contribution is -2.37. The molecule has 2 heterocycles. The highest BCUT2D eigenvalue weighted by Gasteiger charge is 2.55. The number of likely N-dealkylation sites (tertiary alicyclic amines) is 1. The minimum Gasteiger partial charge on any atom is -0.481 e. The van der Waals surface area contributed by atoms with E-state index >= 15 is 0 Å². The summed E-state index contributed by atoms with van der Waals surface area (Å²) in [5, 5.41) is 9.64. The number of fused-ring (bicyclic) bond motifs is 1. The summed E-state index contributed by atoms with van der Waals surface area (Å²) in [4.78, 5) is 26.4. The maximum atomic E-state index is 12.9. The van der Waals surface area contributed by atoms with Crippen LogP contribution in [-0.4, -0.2) is 39.5 Å². The number of carbonyl (C=O) groups excluding carboxylic acids is 1. The van der Waals surface area contributed by atoms with E-state index < -0.39 is 11.4 Å². The fourth-order valence-corrected chi connectivity index (χ4v) is 4.47. The predicted molar refractivity (Wildman–Crippen MR) is 82.9 cm³/mol. The molecule has 0 bridgehead atoms. The third-order valence-electron chi connectivity index (χ3n) is 5.70. The molecule has 120 valence electrons. The lowest BCUT2D eigenvalue weighted by molar-refractivity contribution is -0.149. The van der Waals surface area contributed by atoms with Gasteiger partial charge >= 0.3 is 5.97 Å². The first kappa shape index (κ1) is 15.1. The molecule has 2 aliphatic rings. The van der Waals surface area contributed by atoms with Crippen molar-refractivity contribution in [2.24, 2.45) is 11.3 Å². The van der Waals surface area contributed by atoms with Crippen LogP contribution >= 0.6 is 0 Å². The van der Waals surface area contributed by atoms with Crippen LogP contribution in [0.25, 0.3) is 0 Å².